The third-order valence-corrected chi connectivity index (χ3v) is 6.89. The van der Waals surface area contributed by atoms with E-state index in [-0.39, 0.29) is 5.78 Å². The van der Waals surface area contributed by atoms with Crippen LogP contribution in [0.1, 0.15) is 52.0 Å². The summed E-state index contributed by atoms with van der Waals surface area (Å²) in [4.78, 5) is 28.2. The highest BCUT2D eigenvalue weighted by molar-refractivity contribution is 6.28. The number of carbonyl (C=O) groups is 2. The molecule has 1 N–H and O–H groups in total. The Balaban J connectivity index is 1.56. The number of nitrogens with one attached hydrogen (secondary N) is 1. The second kappa shape index (κ2) is 8.58. The predicted molar refractivity (Wildman–Crippen MR) is 135 cm³/mol. The van der Waals surface area contributed by atoms with Gasteiger partial charge in [0.15, 0.2) is 11.5 Å². The third-order valence-electron chi connectivity index (χ3n) is 6.89. The molecule has 176 valence electrons. The van der Waals surface area contributed by atoms with Gasteiger partial charge in [-0.3, -0.25) is 4.79 Å². The van der Waals surface area contributed by atoms with Gasteiger partial charge in [-0.15, -0.1) is 0 Å². The molecule has 0 spiro atoms. The van der Waals surface area contributed by atoms with Crippen LogP contribution in [0.15, 0.2) is 59.1 Å². The molecule has 35 heavy (non-hydrogen) atoms. The number of esters is 1. The average Bonchev–Trinajstić information content (AvgIpc) is 3.15. The van der Waals surface area contributed by atoms with Crippen LogP contribution in [0, 0.1) is 0 Å². The maximum atomic E-state index is 13.8. The van der Waals surface area contributed by atoms with Crippen molar-refractivity contribution in [1.82, 2.24) is 5.16 Å². The fourth-order valence-corrected chi connectivity index (χ4v) is 5.19. The molecule has 1 aliphatic carbocycles. The Bertz CT molecular complexity index is 1460. The summed E-state index contributed by atoms with van der Waals surface area (Å²) in [6.45, 7) is 1.86. The van der Waals surface area contributed by atoms with Crippen molar-refractivity contribution >= 4 is 39.7 Å². The van der Waals surface area contributed by atoms with Gasteiger partial charge in [0.1, 0.15) is 5.52 Å². The minimum atomic E-state index is -0.415. The Morgan fingerprint density at radius 3 is 2.54 bits per heavy atom. The third kappa shape index (κ3) is 3.55. The monoisotopic (exact) mass is 467 g/mol. The molecule has 6 rings (SSSR count). The number of carbonyl (C=O) groups excluding carboxylic acids is 2. The molecule has 1 saturated heterocycles. The zero-order chi connectivity index (χ0) is 23.9. The van der Waals surface area contributed by atoms with E-state index in [1.807, 2.05) is 36.4 Å². The maximum absolute atomic E-state index is 13.8. The van der Waals surface area contributed by atoms with Gasteiger partial charge < -0.3 is 19.5 Å². The normalized spacial score (nSPS) is 15.0. The number of nitrogens with zero attached hydrogens (tertiary/aromatic N) is 2. The molecule has 2 heterocycles. The number of aromatic nitrogens is 1. The molecule has 7 heteroatoms. The Morgan fingerprint density at radius 2 is 1.77 bits per heavy atom. The summed E-state index contributed by atoms with van der Waals surface area (Å²) in [5.41, 5.74) is 5.36. The van der Waals surface area contributed by atoms with Crippen LogP contribution in [-0.2, 0) is 4.74 Å². The molecule has 0 atom stereocenters. The van der Waals surface area contributed by atoms with Crippen molar-refractivity contribution in [2.24, 2.45) is 0 Å². The number of ketones is 1. The summed E-state index contributed by atoms with van der Waals surface area (Å²) in [5.74, 6) is 0.130. The largest absolute Gasteiger partial charge is 0.465 e. The average molecular weight is 468 g/mol. The second-order valence-corrected chi connectivity index (χ2v) is 9.03. The maximum Gasteiger partial charge on any atom is 0.337 e. The highest BCUT2D eigenvalue weighted by Crippen LogP contribution is 2.46. The molecule has 2 aliphatic rings. The summed E-state index contributed by atoms with van der Waals surface area (Å²) < 4.78 is 10.8. The van der Waals surface area contributed by atoms with Crippen LogP contribution in [0.3, 0.4) is 0 Å². The minimum absolute atomic E-state index is 0.0738. The van der Waals surface area contributed by atoms with Crippen molar-refractivity contribution < 1.29 is 18.8 Å². The fourth-order valence-electron chi connectivity index (χ4n) is 5.19. The summed E-state index contributed by atoms with van der Waals surface area (Å²) >= 11 is 0. The van der Waals surface area contributed by atoms with Gasteiger partial charge in [0.05, 0.1) is 35.0 Å². The topological polar surface area (TPSA) is 84.7 Å². The van der Waals surface area contributed by atoms with Crippen LogP contribution in [-0.4, -0.2) is 37.1 Å². The van der Waals surface area contributed by atoms with Crippen molar-refractivity contribution in [3.63, 3.8) is 0 Å². The number of hydrogen-bond donors (Lipinski definition) is 1. The molecule has 0 bridgehead atoms. The molecule has 7 nitrogen and oxygen atoms in total. The molecule has 1 fully saturated rings. The summed E-state index contributed by atoms with van der Waals surface area (Å²) in [6.07, 6.45) is 4.64. The number of ether oxygens (including phenoxy) is 1. The van der Waals surface area contributed by atoms with E-state index in [1.54, 1.807) is 18.2 Å². The van der Waals surface area contributed by atoms with Crippen molar-refractivity contribution in [1.29, 1.82) is 0 Å². The first-order valence-electron chi connectivity index (χ1n) is 12.0. The Hall–Kier alpha value is -4.13. The van der Waals surface area contributed by atoms with Crippen molar-refractivity contribution in [2.75, 3.05) is 30.4 Å². The smallest absolute Gasteiger partial charge is 0.337 e. The molecule has 0 unspecified atom stereocenters. The van der Waals surface area contributed by atoms with Crippen molar-refractivity contribution in [2.45, 2.75) is 25.7 Å². The number of hydrogen-bond acceptors (Lipinski definition) is 7. The molecule has 3 aromatic carbocycles. The highest BCUT2D eigenvalue weighted by atomic mass is 16.5. The minimum Gasteiger partial charge on any atom is -0.465 e. The molecule has 4 aromatic rings. The Kier molecular flexibility index (Phi) is 5.25. The van der Waals surface area contributed by atoms with Gasteiger partial charge in [-0.05, 0) is 37.1 Å². The molecule has 0 amide bonds. The molecule has 0 saturated carbocycles. The highest BCUT2D eigenvalue weighted by Gasteiger charge is 2.33. The number of benzene rings is 3. The number of anilines is 3. The Morgan fingerprint density at radius 1 is 1.00 bits per heavy atom. The van der Waals surface area contributed by atoms with Gasteiger partial charge in [0.25, 0.3) is 0 Å². The standard InChI is InChI=1S/C28H25N3O4/c1-34-28(33)17-9-8-10-18(15-17)29-21-16-22(31-13-6-2-3-7-14-31)25-24-23(21)26(32)19-11-4-5-12-20(19)27(24)35-30-25/h4-5,8-12,15-16,29H,2-3,6-7,13-14H2,1H3. The zero-order valence-electron chi connectivity index (χ0n) is 19.5. The lowest BCUT2D eigenvalue weighted by atomic mass is 9.86. The summed E-state index contributed by atoms with van der Waals surface area (Å²) in [5, 5.41) is 8.62. The van der Waals surface area contributed by atoms with Gasteiger partial charge in [-0.2, -0.15) is 0 Å². The zero-order valence-corrected chi connectivity index (χ0v) is 19.5. The first-order chi connectivity index (χ1) is 17.2. The van der Waals surface area contributed by atoms with E-state index in [0.717, 1.165) is 42.6 Å². The molecule has 1 aromatic heterocycles. The first kappa shape index (κ1) is 21.4. The van der Waals surface area contributed by atoms with Crippen LogP contribution in [0.5, 0.6) is 0 Å². The van der Waals surface area contributed by atoms with Gasteiger partial charge in [-0.1, -0.05) is 48.3 Å². The van der Waals surface area contributed by atoms with Crippen LogP contribution < -0.4 is 10.2 Å². The summed E-state index contributed by atoms with van der Waals surface area (Å²) in [6, 6.07) is 16.6. The van der Waals surface area contributed by atoms with E-state index in [4.69, 9.17) is 9.26 Å². The van der Waals surface area contributed by atoms with Gasteiger partial charge in [0, 0.05) is 29.9 Å². The number of methoxy groups -OCH3 is 1. The number of fused-ring (bicyclic) bond motifs is 2. The van der Waals surface area contributed by atoms with E-state index in [2.05, 4.69) is 15.4 Å². The van der Waals surface area contributed by atoms with E-state index in [0.29, 0.717) is 39.3 Å². The van der Waals surface area contributed by atoms with Gasteiger partial charge >= 0.3 is 5.97 Å². The van der Waals surface area contributed by atoms with E-state index >= 15 is 0 Å². The van der Waals surface area contributed by atoms with E-state index in [1.165, 1.54) is 20.0 Å². The molecule has 0 radical (unpaired) electrons. The van der Waals surface area contributed by atoms with Crippen LogP contribution in [0.25, 0.3) is 22.2 Å². The molecular weight excluding hydrogens is 442 g/mol. The number of rotatable bonds is 4. The van der Waals surface area contributed by atoms with Gasteiger partial charge in [0.2, 0.25) is 0 Å². The SMILES string of the molecule is COC(=O)c1cccc(Nc2cc(N3CCCCCC3)c3noc4c3c2C(=O)c2ccccc2-4)c1. The van der Waals surface area contributed by atoms with E-state index in [9.17, 15) is 9.59 Å². The summed E-state index contributed by atoms with van der Waals surface area (Å²) in [7, 11) is 1.36. The lowest BCUT2D eigenvalue weighted by molar-refractivity contribution is 0.0600. The van der Waals surface area contributed by atoms with E-state index < -0.39 is 5.97 Å². The molecular formula is C28H25N3O4. The Labute approximate surface area is 202 Å². The van der Waals surface area contributed by atoms with Gasteiger partial charge in [-0.25, -0.2) is 4.79 Å². The van der Waals surface area contributed by atoms with Crippen LogP contribution in [0.2, 0.25) is 0 Å². The second-order valence-electron chi connectivity index (χ2n) is 9.03. The molecule has 1 aliphatic heterocycles. The fraction of sp³-hybridized carbons (Fsp3) is 0.250. The van der Waals surface area contributed by atoms with Crippen LogP contribution in [0.4, 0.5) is 17.1 Å². The lowest BCUT2D eigenvalue weighted by Crippen LogP contribution is -2.24. The van der Waals surface area contributed by atoms with Crippen molar-refractivity contribution in [3.8, 4) is 11.3 Å². The predicted octanol–water partition coefficient (Wildman–Crippen LogP) is 5.95. The van der Waals surface area contributed by atoms with Crippen LogP contribution >= 0.6 is 0 Å². The lowest BCUT2D eigenvalue weighted by Gasteiger charge is -2.26. The quantitative estimate of drug-likeness (QED) is 0.327. The first-order valence-corrected chi connectivity index (χ1v) is 12.0. The van der Waals surface area contributed by atoms with Crippen molar-refractivity contribution in [3.05, 3.63) is 71.3 Å².